The molecule has 0 atom stereocenters. The van der Waals surface area contributed by atoms with E-state index >= 15 is 0 Å². The van der Waals surface area contributed by atoms with E-state index in [2.05, 4.69) is 36.2 Å². The number of piperidine rings is 1. The molecule has 0 radical (unpaired) electrons. The average Bonchev–Trinajstić information content (AvgIpc) is 3.03. The van der Waals surface area contributed by atoms with E-state index in [0.29, 0.717) is 30.8 Å². The maximum atomic E-state index is 12.8. The number of hydrogen-bond donors (Lipinski definition) is 1. The maximum absolute atomic E-state index is 12.8. The summed E-state index contributed by atoms with van der Waals surface area (Å²) in [5.74, 6) is -0.368. The molecule has 1 saturated heterocycles. The molecule has 25 heavy (non-hydrogen) atoms. The summed E-state index contributed by atoms with van der Waals surface area (Å²) in [5.41, 5.74) is 8.45. The Balaban J connectivity index is 1.75. The molecule has 0 spiro atoms. The Labute approximate surface area is 151 Å². The van der Waals surface area contributed by atoms with Crippen LogP contribution in [0.25, 0.3) is 10.6 Å². The normalized spacial score (nSPS) is 15.4. The van der Waals surface area contributed by atoms with Crippen molar-refractivity contribution in [1.82, 2.24) is 9.88 Å². The zero-order chi connectivity index (χ0) is 18.0. The number of aromatic nitrogens is 1. The second-order valence-electron chi connectivity index (χ2n) is 6.45. The van der Waals surface area contributed by atoms with Crippen LogP contribution in [0.4, 0.5) is 0 Å². The minimum absolute atomic E-state index is 0.00866. The standard InChI is InChI=1S/C19H23N3O2S/c1-3-13-4-6-15(7-5-13)18-21-12(2)16(25-18)19(24)22-10-8-14(9-11-22)17(20)23/h4-7,14H,3,8-11H2,1-2H3,(H2,20,23). The lowest BCUT2D eigenvalue weighted by Crippen LogP contribution is -2.41. The number of hydrogen-bond acceptors (Lipinski definition) is 4. The Bertz CT molecular complexity index is 774. The van der Waals surface area contributed by atoms with Crippen LogP contribution in [0.2, 0.25) is 0 Å². The Hall–Kier alpha value is -2.21. The predicted octanol–water partition coefficient (Wildman–Crippen LogP) is 3.02. The van der Waals surface area contributed by atoms with Gasteiger partial charge in [-0.05, 0) is 31.7 Å². The fraction of sp³-hybridized carbons (Fsp3) is 0.421. The van der Waals surface area contributed by atoms with Gasteiger partial charge in [0.15, 0.2) is 0 Å². The second kappa shape index (κ2) is 7.35. The number of likely N-dealkylation sites (tertiary alicyclic amines) is 1. The van der Waals surface area contributed by atoms with Gasteiger partial charge in [0.2, 0.25) is 5.91 Å². The summed E-state index contributed by atoms with van der Waals surface area (Å²) in [7, 11) is 0. The third kappa shape index (κ3) is 3.74. The lowest BCUT2D eigenvalue weighted by Gasteiger charge is -2.30. The van der Waals surface area contributed by atoms with E-state index < -0.39 is 0 Å². The van der Waals surface area contributed by atoms with E-state index in [-0.39, 0.29) is 17.7 Å². The third-order valence-electron chi connectivity index (χ3n) is 4.78. The molecule has 0 aliphatic carbocycles. The van der Waals surface area contributed by atoms with Crippen molar-refractivity contribution in [3.63, 3.8) is 0 Å². The highest BCUT2D eigenvalue weighted by molar-refractivity contribution is 7.17. The zero-order valence-electron chi connectivity index (χ0n) is 14.6. The van der Waals surface area contributed by atoms with Crippen LogP contribution in [0.5, 0.6) is 0 Å². The van der Waals surface area contributed by atoms with Gasteiger partial charge in [0.25, 0.3) is 5.91 Å². The van der Waals surface area contributed by atoms with Crippen molar-refractivity contribution >= 4 is 23.2 Å². The van der Waals surface area contributed by atoms with Gasteiger partial charge in [0.05, 0.1) is 5.69 Å². The molecule has 2 heterocycles. The van der Waals surface area contributed by atoms with Gasteiger partial charge >= 0.3 is 0 Å². The first kappa shape index (κ1) is 17.6. The van der Waals surface area contributed by atoms with Crippen LogP contribution >= 0.6 is 11.3 Å². The Morgan fingerprint density at radius 2 is 1.88 bits per heavy atom. The molecular formula is C19H23N3O2S. The van der Waals surface area contributed by atoms with Crippen LogP contribution in [0.1, 0.15) is 40.7 Å². The highest BCUT2D eigenvalue weighted by Gasteiger charge is 2.28. The summed E-state index contributed by atoms with van der Waals surface area (Å²) in [6, 6.07) is 8.32. The van der Waals surface area contributed by atoms with E-state index in [1.54, 1.807) is 0 Å². The molecule has 3 rings (SSSR count). The first-order valence-electron chi connectivity index (χ1n) is 8.65. The van der Waals surface area contributed by atoms with Crippen molar-refractivity contribution in [1.29, 1.82) is 0 Å². The number of rotatable bonds is 4. The van der Waals surface area contributed by atoms with Gasteiger partial charge in [-0.3, -0.25) is 9.59 Å². The molecule has 2 N–H and O–H groups in total. The van der Waals surface area contributed by atoms with E-state index in [4.69, 9.17) is 5.73 Å². The first-order chi connectivity index (χ1) is 12.0. The molecule has 2 amide bonds. The lowest BCUT2D eigenvalue weighted by atomic mass is 9.96. The monoisotopic (exact) mass is 357 g/mol. The second-order valence-corrected chi connectivity index (χ2v) is 7.45. The predicted molar refractivity (Wildman–Crippen MR) is 99.5 cm³/mol. The molecule has 1 aromatic carbocycles. The molecule has 6 heteroatoms. The molecule has 2 aromatic rings. The molecule has 1 aliphatic heterocycles. The third-order valence-corrected chi connectivity index (χ3v) is 5.98. The fourth-order valence-electron chi connectivity index (χ4n) is 3.11. The number of aryl methyl sites for hydroxylation is 2. The van der Waals surface area contributed by atoms with Crippen molar-refractivity contribution < 1.29 is 9.59 Å². The summed E-state index contributed by atoms with van der Waals surface area (Å²) >= 11 is 1.44. The van der Waals surface area contributed by atoms with Crippen LogP contribution < -0.4 is 5.73 Å². The van der Waals surface area contributed by atoms with E-state index in [9.17, 15) is 9.59 Å². The van der Waals surface area contributed by atoms with Crippen LogP contribution in [0.15, 0.2) is 24.3 Å². The molecular weight excluding hydrogens is 334 g/mol. The summed E-state index contributed by atoms with van der Waals surface area (Å²) in [4.78, 5) is 31.2. The van der Waals surface area contributed by atoms with Gasteiger partial charge in [-0.1, -0.05) is 31.2 Å². The minimum Gasteiger partial charge on any atom is -0.369 e. The van der Waals surface area contributed by atoms with Gasteiger partial charge in [0.1, 0.15) is 9.88 Å². The molecule has 1 fully saturated rings. The molecule has 0 bridgehead atoms. The van der Waals surface area contributed by atoms with Gasteiger partial charge < -0.3 is 10.6 Å². The lowest BCUT2D eigenvalue weighted by molar-refractivity contribution is -0.123. The van der Waals surface area contributed by atoms with Crippen LogP contribution in [0, 0.1) is 12.8 Å². The smallest absolute Gasteiger partial charge is 0.265 e. The quantitative estimate of drug-likeness (QED) is 0.914. The highest BCUT2D eigenvalue weighted by atomic mass is 32.1. The number of nitrogens with two attached hydrogens (primary N) is 1. The minimum atomic E-state index is -0.265. The maximum Gasteiger partial charge on any atom is 0.265 e. The van der Waals surface area contributed by atoms with Gasteiger partial charge in [0, 0.05) is 24.6 Å². The van der Waals surface area contributed by atoms with Crippen molar-refractivity contribution in [2.75, 3.05) is 13.1 Å². The summed E-state index contributed by atoms with van der Waals surface area (Å²) in [6.45, 7) is 5.15. The Kier molecular flexibility index (Phi) is 5.18. The van der Waals surface area contributed by atoms with Crippen LogP contribution in [0.3, 0.4) is 0 Å². The zero-order valence-corrected chi connectivity index (χ0v) is 15.4. The number of thiazole rings is 1. The number of benzene rings is 1. The Morgan fingerprint density at radius 3 is 2.44 bits per heavy atom. The van der Waals surface area contributed by atoms with Crippen molar-refractivity contribution in [3.05, 3.63) is 40.4 Å². The van der Waals surface area contributed by atoms with Crippen molar-refractivity contribution in [2.45, 2.75) is 33.1 Å². The molecule has 0 saturated carbocycles. The topological polar surface area (TPSA) is 76.3 Å². The van der Waals surface area contributed by atoms with Gasteiger partial charge in [-0.2, -0.15) is 0 Å². The number of carbonyl (C=O) groups excluding carboxylic acids is 2. The number of amides is 2. The average molecular weight is 357 g/mol. The number of nitrogens with zero attached hydrogens (tertiary/aromatic N) is 2. The largest absolute Gasteiger partial charge is 0.369 e. The number of carbonyl (C=O) groups is 2. The van der Waals surface area contributed by atoms with Crippen LogP contribution in [-0.4, -0.2) is 34.8 Å². The first-order valence-corrected chi connectivity index (χ1v) is 9.46. The van der Waals surface area contributed by atoms with E-state index in [0.717, 1.165) is 22.7 Å². The summed E-state index contributed by atoms with van der Waals surface area (Å²) < 4.78 is 0. The molecule has 1 aliphatic rings. The highest BCUT2D eigenvalue weighted by Crippen LogP contribution is 2.30. The SMILES string of the molecule is CCc1ccc(-c2nc(C)c(C(=O)N3CCC(C(N)=O)CC3)s2)cc1. The van der Waals surface area contributed by atoms with E-state index in [1.165, 1.54) is 16.9 Å². The summed E-state index contributed by atoms with van der Waals surface area (Å²) in [6.07, 6.45) is 2.29. The number of primary amides is 1. The molecule has 132 valence electrons. The molecule has 1 aromatic heterocycles. The van der Waals surface area contributed by atoms with Gasteiger partial charge in [-0.15, -0.1) is 11.3 Å². The van der Waals surface area contributed by atoms with Crippen molar-refractivity contribution in [3.8, 4) is 10.6 Å². The Morgan fingerprint density at radius 1 is 1.24 bits per heavy atom. The van der Waals surface area contributed by atoms with E-state index in [1.807, 2.05) is 11.8 Å². The molecule has 5 nitrogen and oxygen atoms in total. The fourth-order valence-corrected chi connectivity index (χ4v) is 4.15. The molecule has 0 unspecified atom stereocenters. The van der Waals surface area contributed by atoms with Gasteiger partial charge in [-0.25, -0.2) is 4.98 Å². The van der Waals surface area contributed by atoms with Crippen LogP contribution in [-0.2, 0) is 11.2 Å². The summed E-state index contributed by atoms with van der Waals surface area (Å²) in [5, 5.41) is 0.871. The van der Waals surface area contributed by atoms with Crippen molar-refractivity contribution in [2.24, 2.45) is 11.7 Å².